The van der Waals surface area contributed by atoms with Gasteiger partial charge in [-0.05, 0) is 36.8 Å². The van der Waals surface area contributed by atoms with E-state index in [9.17, 15) is 9.59 Å². The first kappa shape index (κ1) is 23.8. The molecule has 1 heterocycles. The van der Waals surface area contributed by atoms with E-state index in [1.54, 1.807) is 31.4 Å². The topological polar surface area (TPSA) is 82.5 Å². The molecule has 1 amide bonds. The van der Waals surface area contributed by atoms with Crippen LogP contribution in [-0.4, -0.2) is 35.9 Å². The molecule has 0 aliphatic heterocycles. The molecule has 0 radical (unpaired) electrons. The van der Waals surface area contributed by atoms with Gasteiger partial charge in [0.15, 0.2) is 0 Å². The van der Waals surface area contributed by atoms with Crippen molar-refractivity contribution in [3.63, 3.8) is 0 Å². The number of nitrogens with one attached hydrogen (secondary N) is 1. The molecular formula is C28H27N3O4. The summed E-state index contributed by atoms with van der Waals surface area (Å²) in [6, 6.07) is 26.2. The number of hydrogen-bond acceptors (Lipinski definition) is 5. The molecule has 0 saturated heterocycles. The summed E-state index contributed by atoms with van der Waals surface area (Å²) >= 11 is 0. The first-order valence-corrected chi connectivity index (χ1v) is 11.4. The normalized spacial score (nSPS) is 10.6. The summed E-state index contributed by atoms with van der Waals surface area (Å²) in [5.41, 5.74) is 2.30. The largest absolute Gasteiger partial charge is 0.497 e. The monoisotopic (exact) mass is 469 g/mol. The van der Waals surface area contributed by atoms with Crippen LogP contribution in [-0.2, 0) is 6.54 Å². The highest BCUT2D eigenvalue weighted by atomic mass is 16.5. The zero-order chi connectivity index (χ0) is 24.6. The Morgan fingerprint density at radius 3 is 2.09 bits per heavy atom. The van der Waals surface area contributed by atoms with Gasteiger partial charge in [0.25, 0.3) is 11.5 Å². The van der Waals surface area contributed by atoms with E-state index < -0.39 is 11.5 Å². The highest BCUT2D eigenvalue weighted by molar-refractivity contribution is 6.03. The lowest BCUT2D eigenvalue weighted by atomic mass is 9.95. The number of benzene rings is 3. The lowest BCUT2D eigenvalue weighted by molar-refractivity contribution is 0.0945. The minimum atomic E-state index is -0.464. The van der Waals surface area contributed by atoms with Crippen molar-refractivity contribution in [1.29, 1.82) is 0 Å². The van der Waals surface area contributed by atoms with Crippen LogP contribution < -0.4 is 20.3 Å². The zero-order valence-electron chi connectivity index (χ0n) is 19.7. The second kappa shape index (κ2) is 11.2. The van der Waals surface area contributed by atoms with E-state index in [0.717, 1.165) is 16.9 Å². The average Bonchev–Trinajstić information content (AvgIpc) is 2.92. The molecule has 0 fully saturated rings. The molecule has 0 aliphatic carbocycles. The molecule has 1 N–H and O–H groups in total. The van der Waals surface area contributed by atoms with E-state index in [4.69, 9.17) is 9.47 Å². The molecule has 7 nitrogen and oxygen atoms in total. The Hall–Kier alpha value is -4.39. The Morgan fingerprint density at radius 1 is 0.886 bits per heavy atom. The number of carbonyl (C=O) groups is 1. The van der Waals surface area contributed by atoms with Crippen molar-refractivity contribution in [2.45, 2.75) is 13.5 Å². The van der Waals surface area contributed by atoms with Gasteiger partial charge in [-0.25, -0.2) is 4.68 Å². The highest BCUT2D eigenvalue weighted by Gasteiger charge is 2.24. The van der Waals surface area contributed by atoms with Crippen LogP contribution in [0.15, 0.2) is 89.7 Å². The second-order valence-electron chi connectivity index (χ2n) is 7.73. The van der Waals surface area contributed by atoms with Crippen LogP contribution >= 0.6 is 0 Å². The summed E-state index contributed by atoms with van der Waals surface area (Å²) in [6.07, 6.45) is 0. The quantitative estimate of drug-likeness (QED) is 0.367. The third kappa shape index (κ3) is 5.41. The van der Waals surface area contributed by atoms with Crippen LogP contribution in [0.25, 0.3) is 22.4 Å². The molecule has 4 rings (SSSR count). The lowest BCUT2D eigenvalue weighted by Gasteiger charge is -2.17. The Bertz CT molecular complexity index is 1330. The zero-order valence-corrected chi connectivity index (χ0v) is 19.7. The van der Waals surface area contributed by atoms with Crippen molar-refractivity contribution in [2.24, 2.45) is 0 Å². The van der Waals surface area contributed by atoms with Crippen LogP contribution in [0, 0.1) is 0 Å². The van der Waals surface area contributed by atoms with Crippen LogP contribution in [0.2, 0.25) is 0 Å². The van der Waals surface area contributed by atoms with Crippen molar-refractivity contribution in [1.82, 2.24) is 15.1 Å². The molecule has 0 unspecified atom stereocenters. The van der Waals surface area contributed by atoms with Crippen LogP contribution in [0.5, 0.6) is 11.5 Å². The van der Waals surface area contributed by atoms with Gasteiger partial charge in [-0.15, -0.1) is 0 Å². The second-order valence-corrected chi connectivity index (χ2v) is 7.73. The van der Waals surface area contributed by atoms with E-state index >= 15 is 0 Å². The van der Waals surface area contributed by atoms with Gasteiger partial charge in [0.1, 0.15) is 23.7 Å². The van der Waals surface area contributed by atoms with Gasteiger partial charge in [-0.2, -0.15) is 5.10 Å². The molecule has 0 spiro atoms. The third-order valence-electron chi connectivity index (χ3n) is 5.51. The number of hydrogen-bond donors (Lipinski definition) is 1. The molecule has 0 atom stereocenters. The molecule has 0 saturated carbocycles. The summed E-state index contributed by atoms with van der Waals surface area (Å²) in [7, 11) is 1.60. The maximum absolute atomic E-state index is 13.4. The van der Waals surface area contributed by atoms with Crippen molar-refractivity contribution in [3.05, 3.63) is 101 Å². The molecule has 35 heavy (non-hydrogen) atoms. The number of amides is 1. The Morgan fingerprint density at radius 2 is 1.49 bits per heavy atom. The maximum atomic E-state index is 13.4. The predicted molar refractivity (Wildman–Crippen MR) is 136 cm³/mol. The van der Waals surface area contributed by atoms with Gasteiger partial charge in [-0.3, -0.25) is 9.59 Å². The predicted octanol–water partition coefficient (Wildman–Crippen LogP) is 4.41. The summed E-state index contributed by atoms with van der Waals surface area (Å²) in [4.78, 5) is 26.7. The Labute approximate surface area is 204 Å². The third-order valence-corrected chi connectivity index (χ3v) is 5.51. The number of nitrogens with zero attached hydrogens (tertiary/aromatic N) is 2. The number of carbonyl (C=O) groups excluding carboxylic acids is 1. The molecular weight excluding hydrogens is 442 g/mol. The fourth-order valence-electron chi connectivity index (χ4n) is 3.77. The Balaban J connectivity index is 1.66. The van der Waals surface area contributed by atoms with Gasteiger partial charge < -0.3 is 14.8 Å². The summed E-state index contributed by atoms with van der Waals surface area (Å²) < 4.78 is 12.2. The van der Waals surface area contributed by atoms with E-state index in [0.29, 0.717) is 23.6 Å². The average molecular weight is 470 g/mol. The van der Waals surface area contributed by atoms with Crippen molar-refractivity contribution in [3.8, 4) is 33.9 Å². The standard InChI is InChI=1S/C28H27N3O4/c1-3-31-28(33)25(27(32)29-18-19-35-23-16-14-22(34-2)15-17-23)24(20-10-6-4-7-11-20)26(30-31)21-12-8-5-9-13-21/h4-17H,3,18-19H2,1-2H3,(H,29,32). The van der Waals surface area contributed by atoms with Crippen molar-refractivity contribution >= 4 is 5.91 Å². The summed E-state index contributed by atoms with van der Waals surface area (Å²) in [6.45, 7) is 2.65. The first-order valence-electron chi connectivity index (χ1n) is 11.4. The van der Waals surface area contributed by atoms with Gasteiger partial charge in [0.05, 0.1) is 19.3 Å². The maximum Gasteiger partial charge on any atom is 0.280 e. The van der Waals surface area contributed by atoms with E-state index in [2.05, 4.69) is 10.4 Å². The number of aryl methyl sites for hydroxylation is 1. The van der Waals surface area contributed by atoms with E-state index in [-0.39, 0.29) is 18.7 Å². The van der Waals surface area contributed by atoms with Crippen LogP contribution in [0.1, 0.15) is 17.3 Å². The minimum Gasteiger partial charge on any atom is -0.497 e. The highest BCUT2D eigenvalue weighted by Crippen LogP contribution is 2.32. The fraction of sp³-hybridized carbons (Fsp3) is 0.179. The van der Waals surface area contributed by atoms with Crippen molar-refractivity contribution < 1.29 is 14.3 Å². The number of methoxy groups -OCH3 is 1. The molecule has 178 valence electrons. The molecule has 0 bridgehead atoms. The minimum absolute atomic E-state index is 0.0661. The Kier molecular flexibility index (Phi) is 7.57. The van der Waals surface area contributed by atoms with Gasteiger partial charge in [-0.1, -0.05) is 60.7 Å². The molecule has 7 heteroatoms. The molecule has 3 aromatic carbocycles. The van der Waals surface area contributed by atoms with Gasteiger partial charge in [0, 0.05) is 17.7 Å². The van der Waals surface area contributed by atoms with Crippen molar-refractivity contribution in [2.75, 3.05) is 20.3 Å². The smallest absolute Gasteiger partial charge is 0.280 e. The molecule has 0 aliphatic rings. The van der Waals surface area contributed by atoms with Gasteiger partial charge in [0.2, 0.25) is 0 Å². The molecule has 1 aromatic heterocycles. The number of aromatic nitrogens is 2. The number of rotatable bonds is 9. The fourth-order valence-corrected chi connectivity index (χ4v) is 3.77. The van der Waals surface area contributed by atoms with E-state index in [1.165, 1.54) is 4.68 Å². The van der Waals surface area contributed by atoms with E-state index in [1.807, 2.05) is 67.6 Å². The lowest BCUT2D eigenvalue weighted by Crippen LogP contribution is -2.37. The summed E-state index contributed by atoms with van der Waals surface area (Å²) in [5.74, 6) is 0.931. The summed E-state index contributed by atoms with van der Waals surface area (Å²) in [5, 5.41) is 7.46. The van der Waals surface area contributed by atoms with Crippen LogP contribution in [0.4, 0.5) is 0 Å². The SMILES string of the molecule is CCn1nc(-c2ccccc2)c(-c2ccccc2)c(C(=O)NCCOc2ccc(OC)cc2)c1=O. The molecule has 4 aromatic rings. The van der Waals surface area contributed by atoms with Crippen LogP contribution in [0.3, 0.4) is 0 Å². The van der Waals surface area contributed by atoms with Gasteiger partial charge >= 0.3 is 0 Å². The first-order chi connectivity index (χ1) is 17.1. The number of ether oxygens (including phenoxy) is 2.